The van der Waals surface area contributed by atoms with Crippen LogP contribution in [0.3, 0.4) is 0 Å². The van der Waals surface area contributed by atoms with Crippen molar-refractivity contribution in [2.24, 2.45) is 0 Å². The molecule has 33 heavy (non-hydrogen) atoms. The molecule has 1 aromatic carbocycles. The molecule has 3 heterocycles. The number of aromatic nitrogens is 3. The van der Waals surface area contributed by atoms with E-state index in [1.165, 1.54) is 19.2 Å². The van der Waals surface area contributed by atoms with Crippen LogP contribution < -0.4 is 5.73 Å². The average Bonchev–Trinajstić information content (AvgIpc) is 3.45. The predicted octanol–water partition coefficient (Wildman–Crippen LogP) is 4.63. The molecule has 3 aromatic rings. The molecule has 7 nitrogen and oxygen atoms in total. The van der Waals surface area contributed by atoms with E-state index in [4.69, 9.17) is 28.9 Å². The number of hydrogen-bond acceptors (Lipinski definition) is 6. The highest BCUT2D eigenvalue weighted by molar-refractivity contribution is 6.35. The van der Waals surface area contributed by atoms with Gasteiger partial charge in [0.15, 0.2) is 0 Å². The molecule has 1 aliphatic heterocycles. The molecule has 1 unspecified atom stereocenters. The van der Waals surface area contributed by atoms with E-state index < -0.39 is 0 Å². The van der Waals surface area contributed by atoms with Crippen molar-refractivity contribution in [3.8, 4) is 11.1 Å². The van der Waals surface area contributed by atoms with E-state index in [0.29, 0.717) is 28.5 Å². The Kier molecular flexibility index (Phi) is 6.07. The molecule has 1 aliphatic carbocycles. The van der Waals surface area contributed by atoms with Gasteiger partial charge in [-0.15, -0.1) is 0 Å². The van der Waals surface area contributed by atoms with Crippen LogP contribution in [0.2, 0.25) is 10.2 Å². The molecule has 2 atom stereocenters. The maximum absolute atomic E-state index is 12.0. The molecule has 1 saturated heterocycles. The lowest BCUT2D eigenvalue weighted by molar-refractivity contribution is -0.119. The minimum absolute atomic E-state index is 0.107. The molecule has 174 valence electrons. The number of nitrogen functional groups attached to an aromatic ring is 1. The summed E-state index contributed by atoms with van der Waals surface area (Å²) in [4.78, 5) is 25.6. The van der Waals surface area contributed by atoms with Gasteiger partial charge >= 0.3 is 0 Å². The first-order valence-corrected chi connectivity index (χ1v) is 12.1. The number of halogens is 2. The van der Waals surface area contributed by atoms with Crippen LogP contribution >= 0.6 is 23.2 Å². The molecule has 2 fully saturated rings. The SMILES string of the molecule is CC(=O)C[C@H](N1CCC(n2c(Cl)c(-c3ccc(Cl)cc3)c3c(N)ncnc32)C1)N(C)C1CC1. The molecule has 2 N–H and O–H groups in total. The Morgan fingerprint density at radius 2 is 1.94 bits per heavy atom. The molecular formula is C24H28Cl2N6O. The molecule has 2 aliphatic rings. The van der Waals surface area contributed by atoms with Gasteiger partial charge in [0.2, 0.25) is 0 Å². The Balaban J connectivity index is 1.53. The lowest BCUT2D eigenvalue weighted by atomic mass is 10.1. The van der Waals surface area contributed by atoms with E-state index in [0.717, 1.165) is 41.7 Å². The number of anilines is 1. The highest BCUT2D eigenvalue weighted by atomic mass is 35.5. The van der Waals surface area contributed by atoms with Gasteiger partial charge in [-0.3, -0.25) is 14.6 Å². The van der Waals surface area contributed by atoms with Crippen molar-refractivity contribution in [2.45, 2.75) is 50.9 Å². The summed E-state index contributed by atoms with van der Waals surface area (Å²) in [6.45, 7) is 3.37. The summed E-state index contributed by atoms with van der Waals surface area (Å²) in [6.07, 6.45) is 5.46. The third kappa shape index (κ3) is 4.23. The number of hydrogen-bond donors (Lipinski definition) is 1. The highest BCUT2D eigenvalue weighted by Crippen LogP contribution is 2.43. The molecule has 1 saturated carbocycles. The molecular weight excluding hydrogens is 459 g/mol. The first-order chi connectivity index (χ1) is 15.8. The maximum atomic E-state index is 12.0. The van der Waals surface area contributed by atoms with Crippen molar-refractivity contribution >= 4 is 45.8 Å². The number of carbonyl (C=O) groups is 1. The van der Waals surface area contributed by atoms with Crippen LogP contribution in [0.1, 0.15) is 38.6 Å². The van der Waals surface area contributed by atoms with Crippen LogP contribution in [-0.4, -0.2) is 62.5 Å². The zero-order valence-electron chi connectivity index (χ0n) is 18.8. The van der Waals surface area contributed by atoms with Crippen LogP contribution in [0.15, 0.2) is 30.6 Å². The van der Waals surface area contributed by atoms with Crippen molar-refractivity contribution < 1.29 is 4.79 Å². The minimum Gasteiger partial charge on any atom is -0.383 e. The summed E-state index contributed by atoms with van der Waals surface area (Å²) in [6, 6.07) is 8.26. The third-order valence-electron chi connectivity index (χ3n) is 6.93. The van der Waals surface area contributed by atoms with Gasteiger partial charge in [0, 0.05) is 36.1 Å². The van der Waals surface area contributed by atoms with Crippen molar-refractivity contribution in [2.75, 3.05) is 25.9 Å². The van der Waals surface area contributed by atoms with Crippen LogP contribution in [0, 0.1) is 0 Å². The fraction of sp³-hybridized carbons (Fsp3) is 0.458. The summed E-state index contributed by atoms with van der Waals surface area (Å²) in [5, 5.41) is 2.02. The Labute approximate surface area is 203 Å². The van der Waals surface area contributed by atoms with E-state index in [-0.39, 0.29) is 18.0 Å². The first kappa shape index (κ1) is 22.6. The number of Topliss-reactive ketones (excluding diaryl/α,β-unsaturated/α-hetero) is 1. The van der Waals surface area contributed by atoms with Crippen LogP contribution in [0.25, 0.3) is 22.2 Å². The quantitative estimate of drug-likeness (QED) is 0.524. The number of likely N-dealkylation sites (tertiary alicyclic amines) is 1. The average molecular weight is 487 g/mol. The predicted molar refractivity (Wildman–Crippen MR) is 132 cm³/mol. The largest absolute Gasteiger partial charge is 0.383 e. The molecule has 5 rings (SSSR count). The number of ketones is 1. The second-order valence-electron chi connectivity index (χ2n) is 9.22. The fourth-order valence-corrected chi connectivity index (χ4v) is 5.65. The molecule has 0 radical (unpaired) electrons. The van der Waals surface area contributed by atoms with Gasteiger partial charge in [-0.2, -0.15) is 0 Å². The van der Waals surface area contributed by atoms with Gasteiger partial charge in [-0.05, 0) is 50.9 Å². The lowest BCUT2D eigenvalue weighted by Gasteiger charge is -2.35. The number of fused-ring (bicyclic) bond motifs is 1. The maximum Gasteiger partial charge on any atom is 0.147 e. The fourth-order valence-electron chi connectivity index (χ4n) is 5.10. The van der Waals surface area contributed by atoms with Crippen molar-refractivity contribution in [3.63, 3.8) is 0 Å². The number of nitrogens with two attached hydrogens (primary N) is 1. The number of nitrogens with zero attached hydrogens (tertiary/aromatic N) is 5. The van der Waals surface area contributed by atoms with Crippen molar-refractivity contribution in [1.29, 1.82) is 0 Å². The smallest absolute Gasteiger partial charge is 0.147 e. The van der Waals surface area contributed by atoms with Gasteiger partial charge in [-0.25, -0.2) is 9.97 Å². The van der Waals surface area contributed by atoms with Gasteiger partial charge in [-0.1, -0.05) is 35.3 Å². The first-order valence-electron chi connectivity index (χ1n) is 11.4. The Bertz CT molecular complexity index is 1190. The lowest BCUT2D eigenvalue weighted by Crippen LogP contribution is -2.47. The van der Waals surface area contributed by atoms with E-state index in [1.54, 1.807) is 6.92 Å². The van der Waals surface area contributed by atoms with Gasteiger partial charge in [0.25, 0.3) is 0 Å². The van der Waals surface area contributed by atoms with Gasteiger partial charge < -0.3 is 10.3 Å². The van der Waals surface area contributed by atoms with Crippen molar-refractivity contribution in [1.82, 2.24) is 24.3 Å². The van der Waals surface area contributed by atoms with Crippen LogP contribution in [0.5, 0.6) is 0 Å². The molecule has 0 spiro atoms. The van der Waals surface area contributed by atoms with Crippen LogP contribution in [0.4, 0.5) is 5.82 Å². The number of benzene rings is 1. The summed E-state index contributed by atoms with van der Waals surface area (Å²) in [7, 11) is 2.14. The second-order valence-corrected chi connectivity index (χ2v) is 10.0. The van der Waals surface area contributed by atoms with E-state index in [1.807, 2.05) is 24.3 Å². The molecule has 9 heteroatoms. The standard InChI is InChI=1S/C24H28Cl2N6O/c1-14(33)11-19(30(2)17-7-8-17)31-10-9-18(12-31)32-22(26)20(15-3-5-16(25)6-4-15)21-23(27)28-13-29-24(21)32/h3-6,13,17-19H,7-12H2,1-2H3,(H2,27,28,29)/t18?,19-/m0/s1. The van der Waals surface area contributed by atoms with E-state index in [2.05, 4.69) is 31.4 Å². The second kappa shape index (κ2) is 8.87. The Morgan fingerprint density at radius 3 is 2.61 bits per heavy atom. The third-order valence-corrected chi connectivity index (χ3v) is 7.55. The van der Waals surface area contributed by atoms with E-state index >= 15 is 0 Å². The summed E-state index contributed by atoms with van der Waals surface area (Å²) >= 11 is 13.1. The van der Waals surface area contributed by atoms with Crippen LogP contribution in [-0.2, 0) is 4.79 Å². The van der Waals surface area contributed by atoms with Gasteiger partial charge in [0.1, 0.15) is 28.7 Å². The summed E-state index contributed by atoms with van der Waals surface area (Å²) in [5.41, 5.74) is 8.80. The zero-order chi connectivity index (χ0) is 23.3. The normalized spacial score (nSPS) is 20.1. The van der Waals surface area contributed by atoms with Gasteiger partial charge in [0.05, 0.1) is 17.6 Å². The van der Waals surface area contributed by atoms with E-state index in [9.17, 15) is 4.79 Å². The monoisotopic (exact) mass is 486 g/mol. The summed E-state index contributed by atoms with van der Waals surface area (Å²) in [5.74, 6) is 0.620. The topological polar surface area (TPSA) is 80.3 Å². The molecule has 2 aromatic heterocycles. The van der Waals surface area contributed by atoms with Crippen molar-refractivity contribution in [3.05, 3.63) is 40.8 Å². The zero-order valence-corrected chi connectivity index (χ0v) is 20.4. The molecule has 0 bridgehead atoms. The Morgan fingerprint density at radius 1 is 1.21 bits per heavy atom. The Hall–Kier alpha value is -2.19. The minimum atomic E-state index is 0.107. The molecule has 0 amide bonds. The summed E-state index contributed by atoms with van der Waals surface area (Å²) < 4.78 is 2.10. The highest BCUT2D eigenvalue weighted by Gasteiger charge is 2.39. The number of carbonyl (C=O) groups excluding carboxylic acids is 1. The number of rotatable bonds is 7.